The molecule has 150 valence electrons. The SMILES string of the molecule is CC1Cn2c(nnc2-c2cccnc2)C(=O)N1Cc1cccc(C(F)(F)F)c1Cl. The van der Waals surface area contributed by atoms with E-state index in [0.717, 1.165) is 11.6 Å². The monoisotopic (exact) mass is 421 g/mol. The summed E-state index contributed by atoms with van der Waals surface area (Å²) >= 11 is 5.99. The lowest BCUT2D eigenvalue weighted by Crippen LogP contribution is -2.46. The van der Waals surface area contributed by atoms with Crippen molar-refractivity contribution in [2.24, 2.45) is 0 Å². The molecule has 6 nitrogen and oxygen atoms in total. The molecule has 1 atom stereocenters. The van der Waals surface area contributed by atoms with Crippen LogP contribution in [0.1, 0.15) is 28.7 Å². The lowest BCUT2D eigenvalue weighted by atomic mass is 10.1. The van der Waals surface area contributed by atoms with Gasteiger partial charge in [0.2, 0.25) is 5.82 Å². The van der Waals surface area contributed by atoms with Crippen LogP contribution in [0.5, 0.6) is 0 Å². The highest BCUT2D eigenvalue weighted by Crippen LogP contribution is 2.37. The quantitative estimate of drug-likeness (QED) is 0.640. The Morgan fingerprint density at radius 1 is 1.17 bits per heavy atom. The molecular weight excluding hydrogens is 407 g/mol. The number of benzene rings is 1. The van der Waals surface area contributed by atoms with Crippen LogP contribution in [-0.4, -0.2) is 36.6 Å². The van der Waals surface area contributed by atoms with Crippen LogP contribution in [0.3, 0.4) is 0 Å². The van der Waals surface area contributed by atoms with Gasteiger partial charge in [-0.3, -0.25) is 9.78 Å². The average molecular weight is 422 g/mol. The minimum Gasteiger partial charge on any atom is -0.327 e. The molecule has 0 bridgehead atoms. The van der Waals surface area contributed by atoms with Crippen LogP contribution in [0.15, 0.2) is 42.7 Å². The van der Waals surface area contributed by atoms with Crippen LogP contribution < -0.4 is 0 Å². The van der Waals surface area contributed by atoms with Crippen LogP contribution in [0.2, 0.25) is 5.02 Å². The van der Waals surface area contributed by atoms with E-state index >= 15 is 0 Å². The van der Waals surface area contributed by atoms with Gasteiger partial charge < -0.3 is 9.47 Å². The highest BCUT2D eigenvalue weighted by molar-refractivity contribution is 6.32. The van der Waals surface area contributed by atoms with Crippen LogP contribution in [0.4, 0.5) is 13.2 Å². The van der Waals surface area contributed by atoms with E-state index in [9.17, 15) is 18.0 Å². The highest BCUT2D eigenvalue weighted by atomic mass is 35.5. The number of alkyl halides is 3. The van der Waals surface area contributed by atoms with Crippen LogP contribution in [-0.2, 0) is 19.3 Å². The van der Waals surface area contributed by atoms with E-state index in [0.29, 0.717) is 12.4 Å². The number of carbonyl (C=O) groups is 1. The molecule has 1 aromatic carbocycles. The van der Waals surface area contributed by atoms with Crippen molar-refractivity contribution in [2.45, 2.75) is 32.2 Å². The molecule has 0 saturated heterocycles. The Morgan fingerprint density at radius 2 is 1.93 bits per heavy atom. The van der Waals surface area contributed by atoms with Crippen LogP contribution in [0, 0.1) is 0 Å². The molecule has 0 saturated carbocycles. The van der Waals surface area contributed by atoms with Crippen molar-refractivity contribution in [1.29, 1.82) is 0 Å². The molecule has 1 aliphatic heterocycles. The number of aromatic nitrogens is 4. The van der Waals surface area contributed by atoms with Gasteiger partial charge in [-0.2, -0.15) is 13.2 Å². The van der Waals surface area contributed by atoms with Gasteiger partial charge in [-0.15, -0.1) is 10.2 Å². The van der Waals surface area contributed by atoms with Gasteiger partial charge in [0.15, 0.2) is 5.82 Å². The molecule has 29 heavy (non-hydrogen) atoms. The van der Waals surface area contributed by atoms with Gasteiger partial charge in [0, 0.05) is 37.1 Å². The normalized spacial score (nSPS) is 16.8. The molecule has 1 unspecified atom stereocenters. The van der Waals surface area contributed by atoms with Crippen molar-refractivity contribution in [3.63, 3.8) is 0 Å². The Labute approximate surface area is 168 Å². The molecule has 0 spiro atoms. The topological polar surface area (TPSA) is 63.9 Å². The second-order valence-corrected chi connectivity index (χ2v) is 7.14. The summed E-state index contributed by atoms with van der Waals surface area (Å²) in [6.45, 7) is 2.15. The summed E-state index contributed by atoms with van der Waals surface area (Å²) in [5.41, 5.74) is 0.0265. The zero-order valence-electron chi connectivity index (χ0n) is 15.2. The molecule has 4 rings (SSSR count). The lowest BCUT2D eigenvalue weighted by molar-refractivity contribution is -0.137. The van der Waals surface area contributed by atoms with E-state index in [1.165, 1.54) is 17.0 Å². The third-order valence-corrected chi connectivity index (χ3v) is 5.27. The summed E-state index contributed by atoms with van der Waals surface area (Å²) < 4.78 is 41.1. The first-order valence-electron chi connectivity index (χ1n) is 8.76. The number of pyridine rings is 1. The fraction of sp³-hybridized carbons (Fsp3) is 0.263. The maximum Gasteiger partial charge on any atom is 0.417 e. The molecule has 10 heteroatoms. The standard InChI is InChI=1S/C19H15ClF3N5O/c1-11-9-28-16(12-5-3-7-24-8-12)25-26-17(28)18(29)27(11)10-13-4-2-6-14(15(13)20)19(21,22)23/h2-8,11H,9-10H2,1H3. The maximum absolute atomic E-state index is 13.1. The van der Waals surface area contributed by atoms with Crippen molar-refractivity contribution < 1.29 is 18.0 Å². The van der Waals surface area contributed by atoms with Crippen molar-refractivity contribution in [2.75, 3.05) is 0 Å². The Bertz CT molecular complexity index is 1070. The summed E-state index contributed by atoms with van der Waals surface area (Å²) in [5.74, 6) is 0.231. The predicted octanol–water partition coefficient (Wildman–Crippen LogP) is 4.06. The van der Waals surface area contributed by atoms with Gasteiger partial charge in [0.05, 0.1) is 10.6 Å². The van der Waals surface area contributed by atoms with Crippen molar-refractivity contribution >= 4 is 17.5 Å². The number of amides is 1. The largest absolute Gasteiger partial charge is 0.417 e. The zero-order chi connectivity index (χ0) is 20.8. The molecule has 3 aromatic rings. The molecule has 0 N–H and O–H groups in total. The van der Waals surface area contributed by atoms with Crippen LogP contribution in [0.25, 0.3) is 11.4 Å². The van der Waals surface area contributed by atoms with Gasteiger partial charge >= 0.3 is 6.18 Å². The van der Waals surface area contributed by atoms with Crippen molar-refractivity contribution in [3.8, 4) is 11.4 Å². The average Bonchev–Trinajstić information content (AvgIpc) is 3.10. The maximum atomic E-state index is 13.1. The third kappa shape index (κ3) is 3.46. The third-order valence-electron chi connectivity index (χ3n) is 4.83. The van der Waals surface area contributed by atoms with Crippen LogP contribution >= 0.6 is 11.6 Å². The summed E-state index contributed by atoms with van der Waals surface area (Å²) in [4.78, 5) is 18.5. The molecule has 1 amide bonds. The van der Waals surface area contributed by atoms with E-state index in [1.54, 1.807) is 23.0 Å². The molecule has 0 radical (unpaired) electrons. The fourth-order valence-corrected chi connectivity index (χ4v) is 3.66. The van der Waals surface area contributed by atoms with E-state index in [2.05, 4.69) is 15.2 Å². The number of nitrogens with zero attached hydrogens (tertiary/aromatic N) is 5. The number of carbonyl (C=O) groups excluding carboxylic acids is 1. The van der Waals surface area contributed by atoms with E-state index in [1.807, 2.05) is 13.0 Å². The second-order valence-electron chi connectivity index (χ2n) is 6.76. The van der Waals surface area contributed by atoms with Gasteiger partial charge in [-0.1, -0.05) is 23.7 Å². The number of fused-ring (bicyclic) bond motifs is 1. The number of halogens is 4. The molecule has 0 fully saturated rings. The van der Waals surface area contributed by atoms with E-state index < -0.39 is 22.7 Å². The first-order valence-corrected chi connectivity index (χ1v) is 9.14. The molecule has 0 aliphatic carbocycles. The Hall–Kier alpha value is -2.94. The summed E-state index contributed by atoms with van der Waals surface area (Å²) in [6.07, 6.45) is -1.31. The number of hydrogen-bond donors (Lipinski definition) is 0. The molecular formula is C19H15ClF3N5O. The summed E-state index contributed by atoms with van der Waals surface area (Å²) in [6, 6.07) is 6.96. The Kier molecular flexibility index (Phi) is 4.77. The number of hydrogen-bond acceptors (Lipinski definition) is 4. The van der Waals surface area contributed by atoms with Gasteiger partial charge in [0.1, 0.15) is 0 Å². The van der Waals surface area contributed by atoms with Crippen molar-refractivity contribution in [3.05, 3.63) is 64.7 Å². The van der Waals surface area contributed by atoms with Crippen molar-refractivity contribution in [1.82, 2.24) is 24.6 Å². The first-order chi connectivity index (χ1) is 13.8. The van der Waals surface area contributed by atoms with Gasteiger partial charge in [-0.05, 0) is 30.7 Å². The lowest BCUT2D eigenvalue weighted by Gasteiger charge is -2.34. The smallest absolute Gasteiger partial charge is 0.327 e. The Morgan fingerprint density at radius 3 is 2.62 bits per heavy atom. The van der Waals surface area contributed by atoms with Gasteiger partial charge in [-0.25, -0.2) is 0 Å². The highest BCUT2D eigenvalue weighted by Gasteiger charge is 2.36. The minimum absolute atomic E-state index is 0.0577. The Balaban J connectivity index is 1.66. The molecule has 1 aliphatic rings. The predicted molar refractivity (Wildman–Crippen MR) is 99.0 cm³/mol. The second kappa shape index (κ2) is 7.14. The number of rotatable bonds is 3. The molecule has 3 heterocycles. The molecule has 2 aromatic heterocycles. The van der Waals surface area contributed by atoms with Gasteiger partial charge in [0.25, 0.3) is 5.91 Å². The zero-order valence-corrected chi connectivity index (χ0v) is 15.9. The fourth-order valence-electron chi connectivity index (χ4n) is 3.37. The first kappa shape index (κ1) is 19.4. The minimum atomic E-state index is -4.57. The van der Waals surface area contributed by atoms with E-state index in [-0.39, 0.29) is 24.0 Å². The summed E-state index contributed by atoms with van der Waals surface area (Å²) in [5, 5.41) is 7.71. The van der Waals surface area contributed by atoms with E-state index in [4.69, 9.17) is 11.6 Å². The summed E-state index contributed by atoms with van der Waals surface area (Å²) in [7, 11) is 0.